The number of benzene rings is 1. The van der Waals surface area contributed by atoms with Crippen molar-refractivity contribution in [2.24, 2.45) is 11.7 Å². The number of rotatable bonds is 6. The highest BCUT2D eigenvalue weighted by atomic mass is 35.5. The second-order valence-electron chi connectivity index (χ2n) is 4.63. The molecule has 0 aliphatic rings. The molecular weight excluding hydrogens is 260 g/mol. The maximum Gasteiger partial charge on any atom is 0.138 e. The van der Waals surface area contributed by atoms with Crippen LogP contribution in [0.15, 0.2) is 30.6 Å². The van der Waals surface area contributed by atoms with Gasteiger partial charge >= 0.3 is 0 Å². The van der Waals surface area contributed by atoms with Crippen LogP contribution in [0.2, 0.25) is 5.02 Å². The fourth-order valence-electron chi connectivity index (χ4n) is 2.20. The summed E-state index contributed by atoms with van der Waals surface area (Å²) in [5.74, 6) is 1.35. The van der Waals surface area contributed by atoms with Gasteiger partial charge in [0, 0.05) is 18.0 Å². The zero-order valence-electron chi connectivity index (χ0n) is 11.1. The van der Waals surface area contributed by atoms with Gasteiger partial charge in [-0.15, -0.1) is 0 Å². The van der Waals surface area contributed by atoms with E-state index in [4.69, 9.17) is 17.3 Å². The van der Waals surface area contributed by atoms with Crippen molar-refractivity contribution < 1.29 is 0 Å². The molecule has 5 heteroatoms. The van der Waals surface area contributed by atoms with Crippen LogP contribution in [0.3, 0.4) is 0 Å². The first-order valence-electron chi connectivity index (χ1n) is 6.54. The van der Waals surface area contributed by atoms with Gasteiger partial charge in [0.05, 0.1) is 0 Å². The topological polar surface area (TPSA) is 56.7 Å². The maximum absolute atomic E-state index is 6.00. The molecule has 0 amide bonds. The Morgan fingerprint density at radius 2 is 2.21 bits per heavy atom. The van der Waals surface area contributed by atoms with E-state index in [1.54, 1.807) is 6.33 Å². The Balaban J connectivity index is 2.04. The minimum absolute atomic E-state index is 0.355. The summed E-state index contributed by atoms with van der Waals surface area (Å²) in [6.07, 6.45) is 3.36. The predicted molar refractivity (Wildman–Crippen MR) is 77.1 cm³/mol. The van der Waals surface area contributed by atoms with Gasteiger partial charge in [0.25, 0.3) is 0 Å². The quantitative estimate of drug-likeness (QED) is 0.882. The zero-order chi connectivity index (χ0) is 13.7. The molecule has 0 bridgehead atoms. The van der Waals surface area contributed by atoms with Crippen LogP contribution >= 0.6 is 11.6 Å². The van der Waals surface area contributed by atoms with Crippen molar-refractivity contribution in [2.45, 2.75) is 26.3 Å². The molecule has 0 fully saturated rings. The predicted octanol–water partition coefficient (Wildman–Crippen LogP) is 2.31. The van der Waals surface area contributed by atoms with E-state index in [2.05, 4.69) is 23.1 Å². The lowest BCUT2D eigenvalue weighted by Crippen LogP contribution is -2.21. The van der Waals surface area contributed by atoms with Crippen LogP contribution < -0.4 is 5.73 Å². The van der Waals surface area contributed by atoms with Gasteiger partial charge in [0.2, 0.25) is 0 Å². The molecule has 1 unspecified atom stereocenters. The van der Waals surface area contributed by atoms with E-state index in [9.17, 15) is 0 Å². The number of aromatic nitrogens is 3. The van der Waals surface area contributed by atoms with Crippen LogP contribution in [0.4, 0.5) is 0 Å². The van der Waals surface area contributed by atoms with Crippen molar-refractivity contribution in [3.8, 4) is 0 Å². The molecule has 0 spiro atoms. The summed E-state index contributed by atoms with van der Waals surface area (Å²) >= 11 is 6.00. The summed E-state index contributed by atoms with van der Waals surface area (Å²) in [6, 6.07) is 7.93. The number of hydrogen-bond acceptors (Lipinski definition) is 3. The van der Waals surface area contributed by atoms with Gasteiger partial charge in [-0.25, -0.2) is 4.98 Å². The largest absolute Gasteiger partial charge is 0.330 e. The minimum Gasteiger partial charge on any atom is -0.330 e. The molecule has 19 heavy (non-hydrogen) atoms. The first-order valence-corrected chi connectivity index (χ1v) is 6.92. The lowest BCUT2D eigenvalue weighted by atomic mass is 9.96. The molecule has 0 saturated carbocycles. The third kappa shape index (κ3) is 3.78. The molecular formula is C14H19ClN4. The molecule has 0 radical (unpaired) electrons. The number of hydrogen-bond donors (Lipinski definition) is 1. The molecule has 1 aromatic heterocycles. The molecule has 1 atom stereocenters. The van der Waals surface area contributed by atoms with Crippen LogP contribution in [0, 0.1) is 5.92 Å². The summed E-state index contributed by atoms with van der Waals surface area (Å²) in [5, 5.41) is 4.96. The summed E-state index contributed by atoms with van der Waals surface area (Å²) in [5.41, 5.74) is 7.09. The van der Waals surface area contributed by atoms with E-state index >= 15 is 0 Å². The highest BCUT2D eigenvalue weighted by Crippen LogP contribution is 2.16. The van der Waals surface area contributed by atoms with Crippen molar-refractivity contribution in [3.63, 3.8) is 0 Å². The van der Waals surface area contributed by atoms with Gasteiger partial charge in [0.15, 0.2) is 0 Å². The molecule has 2 N–H and O–H groups in total. The van der Waals surface area contributed by atoms with Gasteiger partial charge in [-0.2, -0.15) is 5.10 Å². The number of nitrogens with zero attached hydrogens (tertiary/aromatic N) is 3. The second-order valence-corrected chi connectivity index (χ2v) is 5.07. The van der Waals surface area contributed by atoms with Crippen LogP contribution in [-0.4, -0.2) is 21.3 Å². The van der Waals surface area contributed by atoms with Crippen LogP contribution in [0.5, 0.6) is 0 Å². The third-order valence-electron chi connectivity index (χ3n) is 3.21. The third-order valence-corrected chi connectivity index (χ3v) is 3.45. The molecule has 1 heterocycles. The second kappa shape index (κ2) is 6.68. The average Bonchev–Trinajstić information content (AvgIpc) is 2.85. The molecule has 2 rings (SSSR count). The van der Waals surface area contributed by atoms with Gasteiger partial charge in [-0.1, -0.05) is 23.7 Å². The summed E-state index contributed by atoms with van der Waals surface area (Å²) in [4.78, 5) is 4.30. The van der Waals surface area contributed by atoms with Crippen molar-refractivity contribution in [2.75, 3.05) is 6.54 Å². The maximum atomic E-state index is 6.00. The number of nitrogens with two attached hydrogens (primary N) is 1. The minimum atomic E-state index is 0.355. The SMILES string of the molecule is CCn1ncnc1CC(CN)Cc1cccc(Cl)c1. The summed E-state index contributed by atoms with van der Waals surface area (Å²) < 4.78 is 1.92. The van der Waals surface area contributed by atoms with E-state index in [1.165, 1.54) is 5.56 Å². The zero-order valence-corrected chi connectivity index (χ0v) is 11.8. The molecule has 102 valence electrons. The monoisotopic (exact) mass is 278 g/mol. The first-order chi connectivity index (χ1) is 9.22. The van der Waals surface area contributed by atoms with Crippen LogP contribution in [0.25, 0.3) is 0 Å². The van der Waals surface area contributed by atoms with Crippen molar-refractivity contribution in [1.82, 2.24) is 14.8 Å². The van der Waals surface area contributed by atoms with E-state index in [0.717, 1.165) is 30.2 Å². The Morgan fingerprint density at radius 3 is 2.89 bits per heavy atom. The van der Waals surface area contributed by atoms with Crippen LogP contribution in [-0.2, 0) is 19.4 Å². The van der Waals surface area contributed by atoms with Crippen molar-refractivity contribution in [3.05, 3.63) is 47.0 Å². The van der Waals surface area contributed by atoms with E-state index < -0.39 is 0 Å². The first kappa shape index (κ1) is 14.0. The Bertz CT molecular complexity index is 524. The lowest BCUT2D eigenvalue weighted by molar-refractivity contribution is 0.492. The highest BCUT2D eigenvalue weighted by molar-refractivity contribution is 6.30. The average molecular weight is 279 g/mol. The van der Waals surface area contributed by atoms with Gasteiger partial charge in [-0.05, 0) is 43.5 Å². The molecule has 0 aliphatic heterocycles. The molecule has 4 nitrogen and oxygen atoms in total. The van der Waals surface area contributed by atoms with Gasteiger partial charge in [-0.3, -0.25) is 4.68 Å². The molecule has 0 saturated heterocycles. The number of halogens is 1. The fourth-order valence-corrected chi connectivity index (χ4v) is 2.42. The van der Waals surface area contributed by atoms with E-state index in [-0.39, 0.29) is 0 Å². The van der Waals surface area contributed by atoms with Gasteiger partial charge < -0.3 is 5.73 Å². The summed E-state index contributed by atoms with van der Waals surface area (Å²) in [7, 11) is 0. The Hall–Kier alpha value is -1.39. The van der Waals surface area contributed by atoms with E-state index in [1.807, 2.05) is 22.9 Å². The smallest absolute Gasteiger partial charge is 0.138 e. The Kier molecular flexibility index (Phi) is 4.93. The van der Waals surface area contributed by atoms with Crippen LogP contribution in [0.1, 0.15) is 18.3 Å². The normalized spacial score (nSPS) is 12.6. The summed E-state index contributed by atoms with van der Waals surface area (Å²) in [6.45, 7) is 3.53. The van der Waals surface area contributed by atoms with Crippen molar-refractivity contribution in [1.29, 1.82) is 0 Å². The molecule has 1 aromatic carbocycles. The van der Waals surface area contributed by atoms with Crippen molar-refractivity contribution >= 4 is 11.6 Å². The van der Waals surface area contributed by atoms with Gasteiger partial charge in [0.1, 0.15) is 12.2 Å². The Labute approximate surface area is 118 Å². The standard InChI is InChI=1S/C14H19ClN4/c1-2-19-14(17-10-18-19)8-12(9-16)6-11-4-3-5-13(15)7-11/h3-5,7,10,12H,2,6,8-9,16H2,1H3. The van der Waals surface area contributed by atoms with E-state index in [0.29, 0.717) is 12.5 Å². The highest BCUT2D eigenvalue weighted by Gasteiger charge is 2.13. The molecule has 0 aliphatic carbocycles. The molecule has 2 aromatic rings. The number of aryl methyl sites for hydroxylation is 1. The Morgan fingerprint density at radius 1 is 1.37 bits per heavy atom. The fraction of sp³-hybridized carbons (Fsp3) is 0.429. The lowest BCUT2D eigenvalue weighted by Gasteiger charge is -2.14.